The number of benzene rings is 3. The van der Waals surface area contributed by atoms with Gasteiger partial charge in [-0.15, -0.1) is 0 Å². The van der Waals surface area contributed by atoms with Crippen molar-refractivity contribution in [1.82, 2.24) is 20.3 Å². The van der Waals surface area contributed by atoms with E-state index in [1.807, 2.05) is 41.3 Å². The lowest BCUT2D eigenvalue weighted by Gasteiger charge is -2.16. The summed E-state index contributed by atoms with van der Waals surface area (Å²) in [4.78, 5) is 28.4. The number of carbonyl (C=O) groups excluding carboxylic acids is 1. The van der Waals surface area contributed by atoms with Crippen molar-refractivity contribution in [2.45, 2.75) is 25.8 Å². The molecule has 5 rings (SSSR count). The zero-order chi connectivity index (χ0) is 26.0. The number of nitrogens with one attached hydrogen (secondary N) is 2. The molecule has 0 fully saturated rings. The first kappa shape index (κ1) is 24.2. The van der Waals surface area contributed by atoms with Gasteiger partial charge in [-0.05, 0) is 34.9 Å². The second-order valence-electron chi connectivity index (χ2n) is 8.58. The Morgan fingerprint density at radius 3 is 2.41 bits per heavy atom. The van der Waals surface area contributed by atoms with Crippen LogP contribution in [0.1, 0.15) is 32.6 Å². The van der Waals surface area contributed by atoms with Crippen molar-refractivity contribution in [2.24, 2.45) is 0 Å². The number of amides is 1. The minimum absolute atomic E-state index is 0.0140. The summed E-state index contributed by atoms with van der Waals surface area (Å²) in [5.74, 6) is 1.05. The van der Waals surface area contributed by atoms with Gasteiger partial charge < -0.3 is 15.5 Å². The van der Waals surface area contributed by atoms with Gasteiger partial charge in [-0.3, -0.25) is 4.79 Å². The first-order chi connectivity index (χ1) is 17.8. The molecule has 0 atom stereocenters. The number of nitrogens with zero attached hydrogens (tertiary/aromatic N) is 4. The Labute approximate surface area is 211 Å². The van der Waals surface area contributed by atoms with Gasteiger partial charge in [-0.2, -0.15) is 28.1 Å². The number of rotatable bonds is 6. The van der Waals surface area contributed by atoms with Crippen molar-refractivity contribution >= 4 is 17.8 Å². The quantitative estimate of drug-likeness (QED) is 0.383. The van der Waals surface area contributed by atoms with E-state index in [0.29, 0.717) is 36.4 Å². The summed E-state index contributed by atoms with van der Waals surface area (Å²) in [6.45, 7) is 0.810. The predicted molar refractivity (Wildman–Crippen MR) is 134 cm³/mol. The fraction of sp³-hybridized carbons (Fsp3) is 0.185. The molecule has 37 heavy (non-hydrogen) atoms. The Kier molecular flexibility index (Phi) is 6.47. The monoisotopic (exact) mass is 504 g/mol. The molecule has 1 aliphatic rings. The molecule has 10 heteroatoms. The summed E-state index contributed by atoms with van der Waals surface area (Å²) in [6.07, 6.45) is -4.49. The van der Waals surface area contributed by atoms with Crippen LogP contribution in [0, 0.1) is 0 Å². The summed E-state index contributed by atoms with van der Waals surface area (Å²) < 4.78 is 39.8. The molecule has 0 bridgehead atoms. The summed E-state index contributed by atoms with van der Waals surface area (Å²) >= 11 is 0. The third kappa shape index (κ3) is 5.23. The molecule has 1 aliphatic heterocycles. The first-order valence-corrected chi connectivity index (χ1v) is 11.6. The fourth-order valence-corrected chi connectivity index (χ4v) is 4.24. The molecule has 0 radical (unpaired) electrons. The van der Waals surface area contributed by atoms with Crippen LogP contribution in [-0.4, -0.2) is 27.9 Å². The first-order valence-electron chi connectivity index (χ1n) is 11.6. The fourth-order valence-electron chi connectivity index (χ4n) is 4.24. The smallest absolute Gasteiger partial charge is 0.357 e. The van der Waals surface area contributed by atoms with E-state index in [2.05, 4.69) is 25.6 Å². The molecule has 1 amide bonds. The van der Waals surface area contributed by atoms with Gasteiger partial charge in [0.1, 0.15) is 0 Å². The lowest BCUT2D eigenvalue weighted by molar-refractivity contribution is -0.138. The minimum Gasteiger partial charge on any atom is -0.357 e. The van der Waals surface area contributed by atoms with Crippen molar-refractivity contribution < 1.29 is 18.0 Å². The Balaban J connectivity index is 1.32. The van der Waals surface area contributed by atoms with Gasteiger partial charge >= 0.3 is 6.18 Å². The van der Waals surface area contributed by atoms with E-state index in [4.69, 9.17) is 0 Å². The van der Waals surface area contributed by atoms with Gasteiger partial charge in [0.25, 0.3) is 5.91 Å². The Morgan fingerprint density at radius 1 is 0.919 bits per heavy atom. The Hall–Kier alpha value is -4.47. The Morgan fingerprint density at radius 2 is 1.65 bits per heavy atom. The predicted octanol–water partition coefficient (Wildman–Crippen LogP) is 5.05. The lowest BCUT2D eigenvalue weighted by atomic mass is 10.1. The number of anilines is 2. The average Bonchev–Trinajstić information content (AvgIpc) is 3.35. The van der Waals surface area contributed by atoms with Crippen LogP contribution in [0.2, 0.25) is 0 Å². The maximum Gasteiger partial charge on any atom is 0.416 e. The van der Waals surface area contributed by atoms with Crippen molar-refractivity contribution in [2.75, 3.05) is 17.3 Å². The molecule has 0 saturated heterocycles. The third-order valence-corrected chi connectivity index (χ3v) is 6.12. The van der Waals surface area contributed by atoms with Crippen LogP contribution in [-0.2, 0) is 25.8 Å². The molecular weight excluding hydrogens is 481 g/mol. The van der Waals surface area contributed by atoms with Crippen molar-refractivity contribution in [3.8, 4) is 11.4 Å². The molecule has 2 N–H and O–H groups in total. The number of aromatic nitrogens is 3. The maximum absolute atomic E-state index is 13.3. The van der Waals surface area contributed by atoms with Crippen LogP contribution in [0.5, 0.6) is 0 Å². The van der Waals surface area contributed by atoms with Crippen LogP contribution < -0.4 is 15.5 Å². The average molecular weight is 505 g/mol. The van der Waals surface area contributed by atoms with E-state index >= 15 is 0 Å². The molecule has 2 heterocycles. The molecule has 3 aromatic carbocycles. The van der Waals surface area contributed by atoms with Gasteiger partial charge in [-0.1, -0.05) is 54.6 Å². The highest BCUT2D eigenvalue weighted by molar-refractivity contribution is 5.94. The summed E-state index contributed by atoms with van der Waals surface area (Å²) in [5, 5.41) is 5.58. The molecular formula is C27H23F3N6O. The van der Waals surface area contributed by atoms with Crippen molar-refractivity contribution in [1.29, 1.82) is 0 Å². The summed E-state index contributed by atoms with van der Waals surface area (Å²) in [5.41, 5.74) is 2.45. The van der Waals surface area contributed by atoms with E-state index in [9.17, 15) is 18.0 Å². The number of fused-ring (bicyclic) bond motifs is 1. The van der Waals surface area contributed by atoms with E-state index in [1.54, 1.807) is 19.2 Å². The second kappa shape index (κ2) is 9.88. The van der Waals surface area contributed by atoms with E-state index in [1.165, 1.54) is 18.2 Å². The van der Waals surface area contributed by atoms with Crippen LogP contribution in [0.25, 0.3) is 11.4 Å². The van der Waals surface area contributed by atoms with Crippen LogP contribution in [0.4, 0.5) is 25.1 Å². The largest absolute Gasteiger partial charge is 0.416 e. The van der Waals surface area contributed by atoms with Gasteiger partial charge in [0.15, 0.2) is 5.82 Å². The number of alkyl halides is 3. The summed E-state index contributed by atoms with van der Waals surface area (Å²) in [6, 6.07) is 20.1. The topological polar surface area (TPSA) is 83.0 Å². The van der Waals surface area contributed by atoms with Gasteiger partial charge in [0.05, 0.1) is 5.56 Å². The zero-order valence-electron chi connectivity index (χ0n) is 19.9. The molecule has 1 aromatic heterocycles. The molecule has 0 unspecified atom stereocenters. The van der Waals surface area contributed by atoms with E-state index in [-0.39, 0.29) is 12.1 Å². The van der Waals surface area contributed by atoms with Crippen molar-refractivity contribution in [3.63, 3.8) is 0 Å². The standard InChI is InChI=1S/C27H23F3N6O/c1-31-25-33-23(17-7-3-2-4-8-17)34-26(35-25)36-15-20-12-11-18(13-21(20)16-36)24(37)32-14-19-9-5-6-10-22(19)27(28,29)30/h2-13H,14-16H2,1H3,(H,32,37)(H,31,33,34,35). The molecule has 188 valence electrons. The number of hydrogen-bond acceptors (Lipinski definition) is 6. The van der Waals surface area contributed by atoms with Crippen LogP contribution in [0.15, 0.2) is 72.8 Å². The molecule has 0 spiro atoms. The number of halogens is 3. The maximum atomic E-state index is 13.3. The highest BCUT2D eigenvalue weighted by Crippen LogP contribution is 2.32. The second-order valence-corrected chi connectivity index (χ2v) is 8.58. The van der Waals surface area contributed by atoms with Gasteiger partial charge in [0.2, 0.25) is 11.9 Å². The van der Waals surface area contributed by atoms with E-state index < -0.39 is 17.6 Å². The highest BCUT2D eigenvalue weighted by atomic mass is 19.4. The van der Waals surface area contributed by atoms with Gasteiger partial charge in [-0.25, -0.2) is 0 Å². The van der Waals surface area contributed by atoms with E-state index in [0.717, 1.165) is 22.8 Å². The Bertz CT molecular complexity index is 1440. The van der Waals surface area contributed by atoms with Crippen LogP contribution in [0.3, 0.4) is 0 Å². The normalized spacial score (nSPS) is 12.8. The summed E-state index contributed by atoms with van der Waals surface area (Å²) in [7, 11) is 1.74. The van der Waals surface area contributed by atoms with Crippen LogP contribution >= 0.6 is 0 Å². The zero-order valence-corrected chi connectivity index (χ0v) is 19.9. The molecule has 4 aromatic rings. The molecule has 0 aliphatic carbocycles. The molecule has 7 nitrogen and oxygen atoms in total. The number of hydrogen-bond donors (Lipinski definition) is 2. The van der Waals surface area contributed by atoms with Gasteiger partial charge in [0, 0.05) is 37.8 Å². The molecule has 0 saturated carbocycles. The minimum atomic E-state index is -4.49. The SMILES string of the molecule is CNc1nc(-c2ccccc2)nc(N2Cc3ccc(C(=O)NCc4ccccc4C(F)(F)F)cc3C2)n1. The highest BCUT2D eigenvalue weighted by Gasteiger charge is 2.33. The number of carbonyl (C=O) groups is 1. The van der Waals surface area contributed by atoms with Crippen molar-refractivity contribution in [3.05, 3.63) is 101 Å². The lowest BCUT2D eigenvalue weighted by Crippen LogP contribution is -2.24. The third-order valence-electron chi connectivity index (χ3n) is 6.12.